The summed E-state index contributed by atoms with van der Waals surface area (Å²) in [5.41, 5.74) is -0.159. The van der Waals surface area contributed by atoms with E-state index in [2.05, 4.69) is 5.32 Å². The summed E-state index contributed by atoms with van der Waals surface area (Å²) < 4.78 is 25.9. The molecule has 1 N–H and O–H groups in total. The number of hydrogen-bond acceptors (Lipinski definition) is 3. The Morgan fingerprint density at radius 1 is 1.33 bits per heavy atom. The maximum absolute atomic E-state index is 11.5. The van der Waals surface area contributed by atoms with Crippen LogP contribution in [0.5, 0.6) is 0 Å². The smallest absolute Gasteiger partial charge is 0.282 e. The van der Waals surface area contributed by atoms with Crippen LogP contribution in [0.3, 0.4) is 0 Å². The Hall–Kier alpha value is -0.170. The Morgan fingerprint density at radius 3 is 2.08 bits per heavy atom. The average molecular weight is 191 g/mol. The highest BCUT2D eigenvalue weighted by Gasteiger charge is 2.54. The van der Waals surface area contributed by atoms with E-state index in [9.17, 15) is 8.42 Å². The molecule has 70 valence electrons. The van der Waals surface area contributed by atoms with Crippen molar-refractivity contribution in [2.24, 2.45) is 0 Å². The van der Waals surface area contributed by atoms with E-state index in [1.807, 2.05) is 0 Å². The van der Waals surface area contributed by atoms with Gasteiger partial charge >= 0.3 is 0 Å². The van der Waals surface area contributed by atoms with Crippen LogP contribution in [-0.4, -0.2) is 56.3 Å². The molecule has 12 heavy (non-hydrogen) atoms. The largest absolute Gasteiger partial charge is 0.313 e. The van der Waals surface area contributed by atoms with E-state index in [0.717, 1.165) is 13.1 Å². The second-order valence-electron chi connectivity index (χ2n) is 3.56. The number of likely N-dealkylation sites (N-methyl/N-ethyl adjacent to an activating group) is 2. The van der Waals surface area contributed by atoms with Gasteiger partial charge in [-0.3, -0.25) is 0 Å². The topological polar surface area (TPSA) is 52.6 Å². The molecule has 5 nitrogen and oxygen atoms in total. The second kappa shape index (κ2) is 2.20. The fourth-order valence-corrected chi connectivity index (χ4v) is 3.30. The lowest BCUT2D eigenvalue weighted by Gasteiger charge is -2.41. The minimum atomic E-state index is -3.15. The zero-order valence-electron chi connectivity index (χ0n) is 7.24. The van der Waals surface area contributed by atoms with Crippen LogP contribution in [0.4, 0.5) is 0 Å². The van der Waals surface area contributed by atoms with E-state index in [0.29, 0.717) is 6.54 Å². The highest BCUT2D eigenvalue weighted by molar-refractivity contribution is 7.87. The Morgan fingerprint density at radius 2 is 1.92 bits per heavy atom. The van der Waals surface area contributed by atoms with Crippen molar-refractivity contribution in [3.05, 3.63) is 0 Å². The second-order valence-corrected chi connectivity index (χ2v) is 5.63. The molecule has 0 bridgehead atoms. The Labute approximate surface area is 72.5 Å². The number of rotatable bonds is 0. The summed E-state index contributed by atoms with van der Waals surface area (Å²) in [5, 5.41) is 3.10. The van der Waals surface area contributed by atoms with Crippen molar-refractivity contribution in [1.82, 2.24) is 13.9 Å². The molecule has 0 aliphatic carbocycles. The van der Waals surface area contributed by atoms with Gasteiger partial charge in [-0.05, 0) is 0 Å². The molecular weight excluding hydrogens is 178 g/mol. The molecule has 1 spiro atoms. The highest BCUT2D eigenvalue weighted by atomic mass is 32.2. The zero-order valence-corrected chi connectivity index (χ0v) is 8.06. The molecule has 0 radical (unpaired) electrons. The molecule has 2 aliphatic heterocycles. The molecule has 0 aromatic heterocycles. The average Bonchev–Trinajstić information content (AvgIpc) is 2.09. The van der Waals surface area contributed by atoms with Crippen LogP contribution < -0.4 is 5.32 Å². The molecule has 0 aromatic carbocycles. The first-order valence-electron chi connectivity index (χ1n) is 3.90. The lowest BCUT2D eigenvalue weighted by molar-refractivity contribution is 0.151. The van der Waals surface area contributed by atoms with Crippen LogP contribution in [0.2, 0.25) is 0 Å². The normalized spacial score (nSPS) is 33.8. The van der Waals surface area contributed by atoms with Gasteiger partial charge < -0.3 is 5.32 Å². The molecule has 2 heterocycles. The first-order chi connectivity index (χ1) is 5.49. The molecule has 0 saturated carbocycles. The third kappa shape index (κ3) is 0.806. The minimum absolute atomic E-state index is 0.159. The summed E-state index contributed by atoms with van der Waals surface area (Å²) in [5.74, 6) is 0. The molecule has 6 heteroatoms. The fourth-order valence-electron chi connectivity index (χ4n) is 1.80. The van der Waals surface area contributed by atoms with E-state index in [1.54, 1.807) is 14.1 Å². The van der Waals surface area contributed by atoms with Crippen molar-refractivity contribution in [2.75, 3.05) is 33.7 Å². The van der Waals surface area contributed by atoms with Gasteiger partial charge in [0.25, 0.3) is 10.2 Å². The molecular formula is C6H13N3O2S. The van der Waals surface area contributed by atoms with Crippen LogP contribution >= 0.6 is 0 Å². The summed E-state index contributed by atoms with van der Waals surface area (Å²) >= 11 is 0. The summed E-state index contributed by atoms with van der Waals surface area (Å²) in [6.07, 6.45) is 0. The quantitative estimate of drug-likeness (QED) is 0.504. The van der Waals surface area contributed by atoms with Crippen molar-refractivity contribution in [2.45, 2.75) is 5.54 Å². The molecule has 2 aliphatic rings. The SMILES string of the molecule is CN1CC2(CNC2)N(C)S1(=O)=O. The lowest BCUT2D eigenvalue weighted by atomic mass is 9.93. The van der Waals surface area contributed by atoms with E-state index in [4.69, 9.17) is 0 Å². The predicted molar refractivity (Wildman–Crippen MR) is 44.9 cm³/mol. The summed E-state index contributed by atoms with van der Waals surface area (Å²) in [6, 6.07) is 0. The van der Waals surface area contributed by atoms with Crippen LogP contribution in [0.15, 0.2) is 0 Å². The van der Waals surface area contributed by atoms with Gasteiger partial charge in [-0.2, -0.15) is 17.0 Å². The first kappa shape index (κ1) is 8.43. The Bertz CT molecular complexity index is 296. The van der Waals surface area contributed by atoms with Crippen molar-refractivity contribution < 1.29 is 8.42 Å². The number of hydrogen-bond donors (Lipinski definition) is 1. The van der Waals surface area contributed by atoms with Crippen molar-refractivity contribution in [3.8, 4) is 0 Å². The van der Waals surface area contributed by atoms with Crippen molar-refractivity contribution >= 4 is 10.2 Å². The zero-order chi connectivity index (χ0) is 8.98. The maximum Gasteiger partial charge on any atom is 0.282 e. The van der Waals surface area contributed by atoms with Gasteiger partial charge in [0.1, 0.15) is 0 Å². The third-order valence-corrected chi connectivity index (χ3v) is 4.83. The van der Waals surface area contributed by atoms with Gasteiger partial charge in [0.2, 0.25) is 0 Å². The Balaban J connectivity index is 2.36. The molecule has 0 aromatic rings. The fraction of sp³-hybridized carbons (Fsp3) is 1.00. The molecule has 2 fully saturated rings. The molecule has 0 atom stereocenters. The number of nitrogens with zero attached hydrogens (tertiary/aromatic N) is 2. The monoisotopic (exact) mass is 191 g/mol. The van der Waals surface area contributed by atoms with Crippen LogP contribution in [0.1, 0.15) is 0 Å². The van der Waals surface area contributed by atoms with Crippen LogP contribution in [0, 0.1) is 0 Å². The van der Waals surface area contributed by atoms with Crippen LogP contribution in [-0.2, 0) is 10.2 Å². The summed E-state index contributed by atoms with van der Waals surface area (Å²) in [4.78, 5) is 0. The molecule has 2 rings (SSSR count). The standard InChI is InChI=1S/C6H13N3O2S/c1-8-5-6(3-7-4-6)9(2)12(8,10)11/h7H,3-5H2,1-2H3. The summed E-state index contributed by atoms with van der Waals surface area (Å²) in [6.45, 7) is 2.15. The van der Waals surface area contributed by atoms with Crippen molar-refractivity contribution in [3.63, 3.8) is 0 Å². The summed E-state index contributed by atoms with van der Waals surface area (Å²) in [7, 11) is 0.131. The molecule has 2 saturated heterocycles. The minimum Gasteiger partial charge on any atom is -0.313 e. The third-order valence-electron chi connectivity index (χ3n) is 2.83. The van der Waals surface area contributed by atoms with Gasteiger partial charge in [-0.1, -0.05) is 0 Å². The first-order valence-corrected chi connectivity index (χ1v) is 5.30. The van der Waals surface area contributed by atoms with Gasteiger partial charge in [0.05, 0.1) is 5.54 Å². The van der Waals surface area contributed by atoms with E-state index in [1.165, 1.54) is 8.61 Å². The molecule has 0 amide bonds. The van der Waals surface area contributed by atoms with Crippen molar-refractivity contribution in [1.29, 1.82) is 0 Å². The van der Waals surface area contributed by atoms with Gasteiger partial charge in [0.15, 0.2) is 0 Å². The maximum atomic E-state index is 11.5. The van der Waals surface area contributed by atoms with Gasteiger partial charge in [-0.25, -0.2) is 0 Å². The predicted octanol–water partition coefficient (Wildman–Crippen LogP) is -1.55. The van der Waals surface area contributed by atoms with E-state index in [-0.39, 0.29) is 5.54 Å². The van der Waals surface area contributed by atoms with Crippen LogP contribution in [0.25, 0.3) is 0 Å². The van der Waals surface area contributed by atoms with E-state index >= 15 is 0 Å². The van der Waals surface area contributed by atoms with E-state index < -0.39 is 10.2 Å². The lowest BCUT2D eigenvalue weighted by Crippen LogP contribution is -2.67. The Kier molecular flexibility index (Phi) is 1.54. The van der Waals surface area contributed by atoms with Gasteiger partial charge in [-0.15, -0.1) is 0 Å². The van der Waals surface area contributed by atoms with Gasteiger partial charge in [0, 0.05) is 33.7 Å². The number of nitrogens with one attached hydrogen (secondary N) is 1. The highest BCUT2D eigenvalue weighted by Crippen LogP contribution is 2.31. The molecule has 0 unspecified atom stereocenters.